The molecule has 2 N–H and O–H groups in total. The lowest BCUT2D eigenvalue weighted by Gasteiger charge is -2.27. The average Bonchev–Trinajstić information content (AvgIpc) is 2.48. The number of amides is 1. The van der Waals surface area contributed by atoms with Crippen LogP contribution in [0.4, 0.5) is 0 Å². The first-order valence-corrected chi connectivity index (χ1v) is 7.14. The zero-order chi connectivity index (χ0) is 13.5. The smallest absolute Gasteiger partial charge is 0.223 e. The molecule has 1 aromatic rings. The monoisotopic (exact) mass is 261 g/mol. The van der Waals surface area contributed by atoms with Crippen LogP contribution in [-0.2, 0) is 11.2 Å². The number of aromatic nitrogens is 1. The van der Waals surface area contributed by atoms with Crippen molar-refractivity contribution in [2.75, 3.05) is 13.6 Å². The summed E-state index contributed by atoms with van der Waals surface area (Å²) in [6.45, 7) is 0.682. The van der Waals surface area contributed by atoms with E-state index in [2.05, 4.69) is 15.6 Å². The van der Waals surface area contributed by atoms with E-state index in [0.717, 1.165) is 37.8 Å². The molecule has 104 valence electrons. The van der Waals surface area contributed by atoms with Crippen LogP contribution in [0.1, 0.15) is 31.4 Å². The molecule has 0 atom stereocenters. The van der Waals surface area contributed by atoms with Crippen LogP contribution in [0.2, 0.25) is 0 Å². The van der Waals surface area contributed by atoms with E-state index in [-0.39, 0.29) is 11.8 Å². The first kappa shape index (κ1) is 14.0. The van der Waals surface area contributed by atoms with Gasteiger partial charge in [-0.15, -0.1) is 0 Å². The molecule has 0 unspecified atom stereocenters. The Hall–Kier alpha value is -1.42. The van der Waals surface area contributed by atoms with Crippen LogP contribution >= 0.6 is 0 Å². The molecule has 0 bridgehead atoms. The molecule has 4 nitrogen and oxygen atoms in total. The lowest BCUT2D eigenvalue weighted by atomic mass is 9.85. The number of rotatable bonds is 5. The lowest BCUT2D eigenvalue weighted by Crippen LogP contribution is -2.38. The van der Waals surface area contributed by atoms with Gasteiger partial charge in [-0.3, -0.25) is 9.78 Å². The predicted octanol–water partition coefficient (Wildman–Crippen LogP) is 1.52. The number of nitrogens with one attached hydrogen (secondary N) is 2. The van der Waals surface area contributed by atoms with Crippen LogP contribution in [0.5, 0.6) is 0 Å². The topological polar surface area (TPSA) is 54.0 Å². The number of carbonyl (C=O) groups excluding carboxylic acids is 1. The molecular formula is C15H23N3O. The van der Waals surface area contributed by atoms with Gasteiger partial charge in [-0.05, 0) is 44.9 Å². The summed E-state index contributed by atoms with van der Waals surface area (Å²) in [5, 5.41) is 6.32. The van der Waals surface area contributed by atoms with Gasteiger partial charge in [-0.2, -0.15) is 0 Å². The molecule has 1 saturated carbocycles. The number of carbonyl (C=O) groups is 1. The first-order valence-electron chi connectivity index (χ1n) is 7.14. The molecule has 1 aliphatic rings. The van der Waals surface area contributed by atoms with Gasteiger partial charge in [0, 0.05) is 36.8 Å². The van der Waals surface area contributed by atoms with Crippen molar-refractivity contribution in [1.29, 1.82) is 0 Å². The van der Waals surface area contributed by atoms with Crippen molar-refractivity contribution in [3.05, 3.63) is 30.1 Å². The molecule has 19 heavy (non-hydrogen) atoms. The van der Waals surface area contributed by atoms with Gasteiger partial charge in [0.05, 0.1) is 0 Å². The molecule has 1 aliphatic carbocycles. The third-order valence-corrected chi connectivity index (χ3v) is 3.91. The Bertz CT molecular complexity index is 386. The molecule has 4 heteroatoms. The van der Waals surface area contributed by atoms with Gasteiger partial charge in [-0.1, -0.05) is 6.07 Å². The lowest BCUT2D eigenvalue weighted by molar-refractivity contribution is -0.126. The summed E-state index contributed by atoms with van der Waals surface area (Å²) in [6.07, 6.45) is 6.81. The fourth-order valence-corrected chi connectivity index (χ4v) is 2.65. The SMILES string of the molecule is CNC1CCC(C(=O)NCCc2ccccn2)CC1. The minimum atomic E-state index is 0.202. The molecule has 0 aliphatic heterocycles. The third kappa shape index (κ3) is 4.31. The van der Waals surface area contributed by atoms with Crippen LogP contribution in [0.3, 0.4) is 0 Å². The minimum absolute atomic E-state index is 0.202. The molecule has 0 radical (unpaired) electrons. The Balaban J connectivity index is 1.67. The van der Waals surface area contributed by atoms with E-state index >= 15 is 0 Å². The molecule has 2 rings (SSSR count). The molecule has 1 heterocycles. The van der Waals surface area contributed by atoms with Crippen LogP contribution in [0, 0.1) is 5.92 Å². The molecule has 1 fully saturated rings. The van der Waals surface area contributed by atoms with E-state index in [4.69, 9.17) is 0 Å². The molecule has 1 aromatic heterocycles. The Kier molecular flexibility index (Phi) is 5.33. The van der Waals surface area contributed by atoms with Crippen molar-refractivity contribution >= 4 is 5.91 Å². The van der Waals surface area contributed by atoms with E-state index in [1.165, 1.54) is 0 Å². The molecular weight excluding hydrogens is 238 g/mol. The average molecular weight is 261 g/mol. The van der Waals surface area contributed by atoms with Crippen molar-refractivity contribution in [2.24, 2.45) is 5.92 Å². The fourth-order valence-electron chi connectivity index (χ4n) is 2.65. The van der Waals surface area contributed by atoms with E-state index in [0.29, 0.717) is 12.6 Å². The molecule has 0 aromatic carbocycles. The van der Waals surface area contributed by atoms with Crippen LogP contribution < -0.4 is 10.6 Å². The second-order valence-corrected chi connectivity index (χ2v) is 5.20. The van der Waals surface area contributed by atoms with Crippen LogP contribution in [0.15, 0.2) is 24.4 Å². The Morgan fingerprint density at radius 3 is 2.74 bits per heavy atom. The fraction of sp³-hybridized carbons (Fsp3) is 0.600. The standard InChI is InChI=1S/C15H23N3O/c1-16-13-7-5-12(6-8-13)15(19)18-11-9-14-4-2-3-10-17-14/h2-4,10,12-13,16H,5-9,11H2,1H3,(H,18,19). The highest BCUT2D eigenvalue weighted by Gasteiger charge is 2.24. The summed E-state index contributed by atoms with van der Waals surface area (Å²) in [6, 6.07) is 6.47. The quantitative estimate of drug-likeness (QED) is 0.845. The van der Waals surface area contributed by atoms with E-state index in [1.807, 2.05) is 25.2 Å². The second kappa shape index (κ2) is 7.24. The largest absolute Gasteiger partial charge is 0.355 e. The minimum Gasteiger partial charge on any atom is -0.355 e. The zero-order valence-electron chi connectivity index (χ0n) is 11.6. The van der Waals surface area contributed by atoms with E-state index < -0.39 is 0 Å². The Morgan fingerprint density at radius 2 is 2.11 bits per heavy atom. The number of hydrogen-bond donors (Lipinski definition) is 2. The van der Waals surface area contributed by atoms with Gasteiger partial charge in [0.1, 0.15) is 0 Å². The summed E-state index contributed by atoms with van der Waals surface area (Å²) in [5.41, 5.74) is 1.03. The maximum absolute atomic E-state index is 12.0. The van der Waals surface area contributed by atoms with Crippen LogP contribution in [0.25, 0.3) is 0 Å². The van der Waals surface area contributed by atoms with Gasteiger partial charge < -0.3 is 10.6 Å². The highest BCUT2D eigenvalue weighted by molar-refractivity contribution is 5.78. The van der Waals surface area contributed by atoms with Crippen molar-refractivity contribution in [1.82, 2.24) is 15.6 Å². The molecule has 0 spiro atoms. The predicted molar refractivity (Wildman–Crippen MR) is 75.8 cm³/mol. The van der Waals surface area contributed by atoms with Gasteiger partial charge >= 0.3 is 0 Å². The zero-order valence-corrected chi connectivity index (χ0v) is 11.6. The highest BCUT2D eigenvalue weighted by Crippen LogP contribution is 2.24. The summed E-state index contributed by atoms with van der Waals surface area (Å²) >= 11 is 0. The van der Waals surface area contributed by atoms with Crippen molar-refractivity contribution in [2.45, 2.75) is 38.1 Å². The van der Waals surface area contributed by atoms with Gasteiger partial charge in [0.2, 0.25) is 5.91 Å². The summed E-state index contributed by atoms with van der Waals surface area (Å²) in [7, 11) is 2.00. The third-order valence-electron chi connectivity index (χ3n) is 3.91. The first-order chi connectivity index (χ1) is 9.29. The van der Waals surface area contributed by atoms with Crippen molar-refractivity contribution < 1.29 is 4.79 Å². The second-order valence-electron chi connectivity index (χ2n) is 5.20. The van der Waals surface area contributed by atoms with Crippen LogP contribution in [-0.4, -0.2) is 30.5 Å². The van der Waals surface area contributed by atoms with Gasteiger partial charge in [0.15, 0.2) is 0 Å². The Morgan fingerprint density at radius 1 is 1.32 bits per heavy atom. The van der Waals surface area contributed by atoms with Crippen molar-refractivity contribution in [3.8, 4) is 0 Å². The van der Waals surface area contributed by atoms with E-state index in [1.54, 1.807) is 6.20 Å². The number of pyridine rings is 1. The maximum atomic E-state index is 12.0. The molecule has 1 amide bonds. The summed E-state index contributed by atoms with van der Waals surface area (Å²) < 4.78 is 0. The highest BCUT2D eigenvalue weighted by atomic mass is 16.1. The van der Waals surface area contributed by atoms with E-state index in [9.17, 15) is 4.79 Å². The Labute approximate surface area is 115 Å². The normalized spacial score (nSPS) is 23.0. The maximum Gasteiger partial charge on any atom is 0.223 e. The van der Waals surface area contributed by atoms with Gasteiger partial charge in [0.25, 0.3) is 0 Å². The number of nitrogens with zero attached hydrogens (tertiary/aromatic N) is 1. The summed E-state index contributed by atoms with van der Waals surface area (Å²) in [4.78, 5) is 16.3. The number of hydrogen-bond acceptors (Lipinski definition) is 3. The van der Waals surface area contributed by atoms with Gasteiger partial charge in [-0.25, -0.2) is 0 Å². The molecule has 0 saturated heterocycles. The summed E-state index contributed by atoms with van der Waals surface area (Å²) in [5.74, 6) is 0.416. The van der Waals surface area contributed by atoms with Crippen molar-refractivity contribution in [3.63, 3.8) is 0 Å².